The summed E-state index contributed by atoms with van der Waals surface area (Å²) in [5, 5.41) is 2.80. The van der Waals surface area contributed by atoms with Gasteiger partial charge in [0.05, 0.1) is 12.6 Å². The molecule has 0 bridgehead atoms. The van der Waals surface area contributed by atoms with Crippen molar-refractivity contribution in [2.45, 2.75) is 71.4 Å². The van der Waals surface area contributed by atoms with Gasteiger partial charge in [-0.15, -0.1) is 11.3 Å². The van der Waals surface area contributed by atoms with E-state index in [0.717, 1.165) is 57.2 Å². The Hall–Kier alpha value is -1.51. The van der Waals surface area contributed by atoms with Crippen LogP contribution in [-0.4, -0.2) is 89.4 Å². The van der Waals surface area contributed by atoms with Gasteiger partial charge in [-0.2, -0.15) is 0 Å². The van der Waals surface area contributed by atoms with E-state index >= 15 is 0 Å². The molecule has 3 fully saturated rings. The Kier molecular flexibility index (Phi) is 8.41. The van der Waals surface area contributed by atoms with Crippen molar-refractivity contribution < 1.29 is 9.59 Å². The van der Waals surface area contributed by atoms with Crippen LogP contribution in [0.4, 0.5) is 5.13 Å². The molecular formula is C25H41N5O2S. The maximum absolute atomic E-state index is 13.6. The molecule has 1 saturated carbocycles. The molecule has 2 aliphatic heterocycles. The summed E-state index contributed by atoms with van der Waals surface area (Å²) >= 11 is 1.56. The summed E-state index contributed by atoms with van der Waals surface area (Å²) in [4.78, 5) is 39.6. The lowest BCUT2D eigenvalue weighted by atomic mass is 9.92. The number of amides is 2. The SMILES string of the molecule is CC1CC(C)CN(C(=O)CN2CCN(C(C)C(=O)N(c3nccs3)C3CCCCC3)CC2)C1. The van der Waals surface area contributed by atoms with E-state index in [0.29, 0.717) is 18.4 Å². The minimum absolute atomic E-state index is 0.169. The Morgan fingerprint density at radius 3 is 2.36 bits per heavy atom. The monoisotopic (exact) mass is 475 g/mol. The van der Waals surface area contributed by atoms with Crippen LogP contribution >= 0.6 is 11.3 Å². The van der Waals surface area contributed by atoms with E-state index in [-0.39, 0.29) is 23.9 Å². The first-order valence-corrected chi connectivity index (χ1v) is 13.8. The van der Waals surface area contributed by atoms with Crippen LogP contribution in [0, 0.1) is 11.8 Å². The second-order valence-corrected chi connectivity index (χ2v) is 11.4. The van der Waals surface area contributed by atoms with Crippen LogP contribution in [0.5, 0.6) is 0 Å². The standard InChI is InChI=1S/C25H41N5O2S/c1-19-15-20(2)17-29(16-19)23(31)18-27-10-12-28(13-11-27)21(3)24(32)30(25-26-9-14-33-25)22-7-5-4-6-8-22/h9,14,19-22H,4-8,10-13,15-18H2,1-3H3. The van der Waals surface area contributed by atoms with Gasteiger partial charge in [0.1, 0.15) is 0 Å². The summed E-state index contributed by atoms with van der Waals surface area (Å²) in [6.07, 6.45) is 8.80. The highest BCUT2D eigenvalue weighted by molar-refractivity contribution is 7.13. The molecule has 3 heterocycles. The third kappa shape index (κ3) is 6.14. The maximum atomic E-state index is 13.6. The fraction of sp³-hybridized carbons (Fsp3) is 0.800. The first-order valence-electron chi connectivity index (χ1n) is 12.9. The molecule has 3 unspecified atom stereocenters. The van der Waals surface area contributed by atoms with Crippen molar-refractivity contribution in [3.05, 3.63) is 11.6 Å². The van der Waals surface area contributed by atoms with Crippen LogP contribution in [-0.2, 0) is 9.59 Å². The molecule has 1 aliphatic carbocycles. The average molecular weight is 476 g/mol. The summed E-state index contributed by atoms with van der Waals surface area (Å²) in [5.74, 6) is 1.62. The summed E-state index contributed by atoms with van der Waals surface area (Å²) in [6.45, 7) is 12.1. The van der Waals surface area contributed by atoms with E-state index in [2.05, 4.69) is 33.5 Å². The predicted octanol–water partition coefficient (Wildman–Crippen LogP) is 3.32. The smallest absolute Gasteiger partial charge is 0.246 e. The van der Waals surface area contributed by atoms with Gasteiger partial charge in [-0.1, -0.05) is 33.1 Å². The second-order valence-electron chi connectivity index (χ2n) is 10.5. The molecule has 0 aromatic carbocycles. The van der Waals surface area contributed by atoms with E-state index in [4.69, 9.17) is 0 Å². The Balaban J connectivity index is 1.31. The molecule has 0 radical (unpaired) electrons. The number of rotatable bonds is 6. The molecule has 4 rings (SSSR count). The van der Waals surface area contributed by atoms with Crippen LogP contribution in [0.15, 0.2) is 11.6 Å². The van der Waals surface area contributed by atoms with E-state index < -0.39 is 0 Å². The van der Waals surface area contributed by atoms with Gasteiger partial charge in [0, 0.05) is 56.9 Å². The molecule has 184 valence electrons. The van der Waals surface area contributed by atoms with Crippen molar-refractivity contribution in [1.82, 2.24) is 19.7 Å². The van der Waals surface area contributed by atoms with Crippen LogP contribution in [0.2, 0.25) is 0 Å². The lowest BCUT2D eigenvalue weighted by molar-refractivity contribution is -0.136. The van der Waals surface area contributed by atoms with Crippen LogP contribution in [0.25, 0.3) is 0 Å². The Morgan fingerprint density at radius 2 is 1.76 bits per heavy atom. The fourth-order valence-corrected chi connectivity index (χ4v) is 6.65. The number of aromatic nitrogens is 1. The molecule has 1 aromatic rings. The largest absolute Gasteiger partial charge is 0.341 e. The average Bonchev–Trinajstić information content (AvgIpc) is 3.33. The molecule has 2 amide bonds. The van der Waals surface area contributed by atoms with Gasteiger partial charge in [-0.05, 0) is 38.0 Å². The van der Waals surface area contributed by atoms with Gasteiger partial charge in [0.2, 0.25) is 11.8 Å². The Morgan fingerprint density at radius 1 is 1.09 bits per heavy atom. The fourth-order valence-electron chi connectivity index (χ4n) is 5.93. The van der Waals surface area contributed by atoms with E-state index in [1.165, 1.54) is 25.7 Å². The van der Waals surface area contributed by atoms with E-state index in [1.54, 1.807) is 17.5 Å². The number of piperazine rings is 1. The van der Waals surface area contributed by atoms with Crippen LogP contribution < -0.4 is 4.90 Å². The summed E-state index contributed by atoms with van der Waals surface area (Å²) in [6, 6.07) is 0.102. The van der Waals surface area contributed by atoms with Crippen molar-refractivity contribution in [3.63, 3.8) is 0 Å². The van der Waals surface area contributed by atoms with E-state index in [1.807, 2.05) is 17.2 Å². The number of thiazole rings is 1. The number of hydrogen-bond acceptors (Lipinski definition) is 6. The molecule has 1 aromatic heterocycles. The van der Waals surface area contributed by atoms with Gasteiger partial charge in [-0.25, -0.2) is 4.98 Å². The number of hydrogen-bond donors (Lipinski definition) is 0. The van der Waals surface area contributed by atoms with Gasteiger partial charge in [0.15, 0.2) is 5.13 Å². The number of carbonyl (C=O) groups excluding carboxylic acids is 2. The second kappa shape index (κ2) is 11.3. The third-order valence-corrected chi connectivity index (χ3v) is 8.47. The number of anilines is 1. The number of nitrogens with zero attached hydrogens (tertiary/aromatic N) is 5. The van der Waals surface area contributed by atoms with Crippen LogP contribution in [0.3, 0.4) is 0 Å². The van der Waals surface area contributed by atoms with Gasteiger partial charge < -0.3 is 4.90 Å². The Bertz CT molecular complexity index is 764. The number of piperidine rings is 1. The quantitative estimate of drug-likeness (QED) is 0.632. The Labute approximate surface area is 203 Å². The molecule has 0 N–H and O–H groups in total. The summed E-state index contributed by atoms with van der Waals surface area (Å²) in [5.41, 5.74) is 0. The normalized spacial score (nSPS) is 26.8. The van der Waals surface area contributed by atoms with Crippen molar-refractivity contribution in [2.24, 2.45) is 11.8 Å². The molecule has 33 heavy (non-hydrogen) atoms. The molecule has 8 heteroatoms. The molecule has 2 saturated heterocycles. The first-order chi connectivity index (χ1) is 15.9. The van der Waals surface area contributed by atoms with Gasteiger partial charge in [0.25, 0.3) is 0 Å². The van der Waals surface area contributed by atoms with Crippen LogP contribution in [0.1, 0.15) is 59.3 Å². The lowest BCUT2D eigenvalue weighted by Gasteiger charge is -2.41. The lowest BCUT2D eigenvalue weighted by Crippen LogP contribution is -2.57. The molecule has 7 nitrogen and oxygen atoms in total. The zero-order valence-electron chi connectivity index (χ0n) is 20.6. The molecule has 3 aliphatic rings. The number of likely N-dealkylation sites (tertiary alicyclic amines) is 1. The van der Waals surface area contributed by atoms with Gasteiger partial charge in [-0.3, -0.25) is 24.3 Å². The maximum Gasteiger partial charge on any atom is 0.246 e. The topological polar surface area (TPSA) is 60.0 Å². The van der Waals surface area contributed by atoms with Crippen molar-refractivity contribution in [1.29, 1.82) is 0 Å². The number of carbonyl (C=O) groups is 2. The predicted molar refractivity (Wildman–Crippen MR) is 133 cm³/mol. The summed E-state index contributed by atoms with van der Waals surface area (Å²) < 4.78 is 0. The van der Waals surface area contributed by atoms with E-state index in [9.17, 15) is 9.59 Å². The minimum Gasteiger partial charge on any atom is -0.341 e. The minimum atomic E-state index is -0.169. The first kappa shape index (κ1) is 24.6. The highest BCUT2D eigenvalue weighted by Crippen LogP contribution is 2.30. The third-order valence-electron chi connectivity index (χ3n) is 7.70. The zero-order valence-corrected chi connectivity index (χ0v) is 21.4. The van der Waals surface area contributed by atoms with Crippen molar-refractivity contribution in [3.8, 4) is 0 Å². The van der Waals surface area contributed by atoms with Crippen molar-refractivity contribution in [2.75, 3.05) is 50.7 Å². The highest BCUT2D eigenvalue weighted by atomic mass is 32.1. The van der Waals surface area contributed by atoms with Gasteiger partial charge >= 0.3 is 0 Å². The summed E-state index contributed by atoms with van der Waals surface area (Å²) in [7, 11) is 0. The zero-order chi connectivity index (χ0) is 23.4. The molecule has 3 atom stereocenters. The molecule has 0 spiro atoms. The highest BCUT2D eigenvalue weighted by Gasteiger charge is 2.35. The van der Waals surface area contributed by atoms with Crippen molar-refractivity contribution >= 4 is 28.3 Å². The molecular weight excluding hydrogens is 434 g/mol.